The lowest BCUT2D eigenvalue weighted by Crippen LogP contribution is -2.56. The average molecular weight is 323 g/mol. The lowest BCUT2D eigenvalue weighted by molar-refractivity contribution is -0.162. The van der Waals surface area contributed by atoms with Crippen LogP contribution in [-0.4, -0.2) is 56.4 Å². The zero-order valence-electron chi connectivity index (χ0n) is 13.9. The van der Waals surface area contributed by atoms with Crippen molar-refractivity contribution in [1.82, 2.24) is 15.1 Å². The number of rotatable bonds is 5. The van der Waals surface area contributed by atoms with Crippen LogP contribution in [0.4, 0.5) is 0 Å². The van der Waals surface area contributed by atoms with Crippen LogP contribution in [0.15, 0.2) is 0 Å². The molecule has 23 heavy (non-hydrogen) atoms. The summed E-state index contributed by atoms with van der Waals surface area (Å²) in [4.78, 5) is 25.8. The number of aromatic amines is 1. The summed E-state index contributed by atoms with van der Waals surface area (Å²) >= 11 is 0. The van der Waals surface area contributed by atoms with Crippen LogP contribution in [0.25, 0.3) is 0 Å². The number of carbonyl (C=O) groups excluding carboxylic acids is 1. The molecular weight excluding hydrogens is 298 g/mol. The van der Waals surface area contributed by atoms with Crippen molar-refractivity contribution in [3.63, 3.8) is 0 Å². The molecule has 1 aromatic heterocycles. The fourth-order valence-corrected chi connectivity index (χ4v) is 3.39. The fourth-order valence-electron chi connectivity index (χ4n) is 3.39. The number of nitrogens with zero attached hydrogens (tertiary/aromatic N) is 2. The van der Waals surface area contributed by atoms with Crippen molar-refractivity contribution in [2.24, 2.45) is 5.41 Å². The Balaban J connectivity index is 2.17. The minimum atomic E-state index is -1.15. The summed E-state index contributed by atoms with van der Waals surface area (Å²) in [5, 5.41) is 26.9. The van der Waals surface area contributed by atoms with Gasteiger partial charge in [-0.2, -0.15) is 5.10 Å². The number of nitrogens with one attached hydrogen (secondary N) is 1. The van der Waals surface area contributed by atoms with E-state index in [9.17, 15) is 19.8 Å². The molecule has 1 amide bonds. The summed E-state index contributed by atoms with van der Waals surface area (Å²) in [6.07, 6.45) is 1.03. The first-order valence-corrected chi connectivity index (χ1v) is 8.12. The number of hydrogen-bond acceptors (Lipinski definition) is 4. The monoisotopic (exact) mass is 323 g/mol. The predicted molar refractivity (Wildman–Crippen MR) is 84.2 cm³/mol. The van der Waals surface area contributed by atoms with Gasteiger partial charge in [-0.05, 0) is 26.2 Å². The van der Waals surface area contributed by atoms with Crippen molar-refractivity contribution in [3.8, 4) is 0 Å². The third kappa shape index (κ3) is 2.97. The van der Waals surface area contributed by atoms with E-state index in [1.165, 1.54) is 4.90 Å². The Morgan fingerprint density at radius 1 is 1.43 bits per heavy atom. The largest absolute Gasteiger partial charge is 0.481 e. The highest BCUT2D eigenvalue weighted by Crippen LogP contribution is 2.37. The van der Waals surface area contributed by atoms with Gasteiger partial charge in [0.25, 0.3) is 5.91 Å². The number of aliphatic carboxylic acids is 1. The van der Waals surface area contributed by atoms with Gasteiger partial charge in [0, 0.05) is 24.3 Å². The molecule has 1 saturated heterocycles. The second-order valence-corrected chi connectivity index (χ2v) is 6.26. The van der Waals surface area contributed by atoms with E-state index in [2.05, 4.69) is 10.2 Å². The van der Waals surface area contributed by atoms with Gasteiger partial charge >= 0.3 is 5.97 Å². The number of carbonyl (C=O) groups is 2. The predicted octanol–water partition coefficient (Wildman–Crippen LogP) is 1.36. The maximum absolute atomic E-state index is 12.6. The standard InChI is InChI=1S/C16H25N3O4/c1-4-6-16(15(22)23)7-8-19(9-12(16)20)14(21)13-10(3)11(5-2)17-18-13/h12,20H,4-9H2,1-3H3,(H,17,18)(H,22,23)/t12-,16+/m1/s1. The number of aromatic nitrogens is 2. The fraction of sp³-hybridized carbons (Fsp3) is 0.688. The molecule has 0 spiro atoms. The highest BCUT2D eigenvalue weighted by atomic mass is 16.4. The van der Waals surface area contributed by atoms with Gasteiger partial charge in [0.1, 0.15) is 0 Å². The van der Waals surface area contributed by atoms with Crippen LogP contribution in [0.1, 0.15) is 54.9 Å². The molecule has 2 heterocycles. The van der Waals surface area contributed by atoms with Crippen LogP contribution in [0.5, 0.6) is 0 Å². The lowest BCUT2D eigenvalue weighted by Gasteiger charge is -2.42. The number of likely N-dealkylation sites (tertiary alicyclic amines) is 1. The normalized spacial score (nSPS) is 24.7. The number of amides is 1. The van der Waals surface area contributed by atoms with Crippen LogP contribution in [0.2, 0.25) is 0 Å². The second-order valence-electron chi connectivity index (χ2n) is 6.26. The summed E-state index contributed by atoms with van der Waals surface area (Å²) in [6, 6.07) is 0. The molecule has 2 atom stereocenters. The van der Waals surface area contributed by atoms with E-state index in [4.69, 9.17) is 0 Å². The second kappa shape index (κ2) is 6.70. The molecule has 0 radical (unpaired) electrons. The van der Waals surface area contributed by atoms with Crippen molar-refractivity contribution in [1.29, 1.82) is 0 Å². The Kier molecular flexibility index (Phi) is 5.09. The number of H-pyrrole nitrogens is 1. The molecule has 1 aliphatic heterocycles. The smallest absolute Gasteiger partial charge is 0.312 e. The Morgan fingerprint density at radius 3 is 2.61 bits per heavy atom. The first-order valence-electron chi connectivity index (χ1n) is 8.12. The molecule has 7 heteroatoms. The first kappa shape index (κ1) is 17.5. The highest BCUT2D eigenvalue weighted by Gasteiger charge is 2.48. The van der Waals surface area contributed by atoms with Crippen molar-refractivity contribution >= 4 is 11.9 Å². The van der Waals surface area contributed by atoms with Gasteiger partial charge in [0.2, 0.25) is 0 Å². The van der Waals surface area contributed by atoms with E-state index in [0.717, 1.165) is 17.7 Å². The molecule has 1 aliphatic rings. The molecule has 1 aromatic rings. The maximum Gasteiger partial charge on any atom is 0.312 e. The number of piperidine rings is 1. The molecular formula is C16H25N3O4. The maximum atomic E-state index is 12.6. The van der Waals surface area contributed by atoms with Crippen LogP contribution < -0.4 is 0 Å². The number of hydrogen-bond donors (Lipinski definition) is 3. The van der Waals surface area contributed by atoms with Gasteiger partial charge in [0.05, 0.1) is 11.5 Å². The Hall–Kier alpha value is -1.89. The van der Waals surface area contributed by atoms with Crippen LogP contribution in [-0.2, 0) is 11.2 Å². The Labute approximate surface area is 135 Å². The van der Waals surface area contributed by atoms with Crippen LogP contribution in [0, 0.1) is 12.3 Å². The topological polar surface area (TPSA) is 107 Å². The van der Waals surface area contributed by atoms with Crippen molar-refractivity contribution in [2.75, 3.05) is 13.1 Å². The summed E-state index contributed by atoms with van der Waals surface area (Å²) < 4.78 is 0. The number of β-amino-alcohol motifs (C(OH)–C–C–N with tert-alkyl or cyclic N) is 1. The summed E-state index contributed by atoms with van der Waals surface area (Å²) in [5.41, 5.74) is 0.931. The van der Waals surface area contributed by atoms with E-state index < -0.39 is 17.5 Å². The quantitative estimate of drug-likeness (QED) is 0.758. The molecule has 1 fully saturated rings. The SMILES string of the molecule is CCC[C@]1(C(=O)O)CCN(C(=O)c2n[nH]c(CC)c2C)C[C@H]1O. The van der Waals surface area contributed by atoms with Crippen molar-refractivity contribution < 1.29 is 19.8 Å². The molecule has 2 rings (SSSR count). The van der Waals surface area contributed by atoms with Gasteiger partial charge in [-0.1, -0.05) is 20.3 Å². The highest BCUT2D eigenvalue weighted by molar-refractivity contribution is 5.94. The van der Waals surface area contributed by atoms with Gasteiger partial charge < -0.3 is 15.1 Å². The van der Waals surface area contributed by atoms with E-state index in [1.54, 1.807) is 0 Å². The van der Waals surface area contributed by atoms with E-state index >= 15 is 0 Å². The number of carboxylic acids is 1. The third-order valence-electron chi connectivity index (χ3n) is 4.93. The van der Waals surface area contributed by atoms with Gasteiger partial charge in [-0.25, -0.2) is 0 Å². The van der Waals surface area contributed by atoms with Crippen molar-refractivity contribution in [2.45, 2.75) is 52.6 Å². The molecule has 128 valence electrons. The lowest BCUT2D eigenvalue weighted by atomic mass is 9.72. The average Bonchev–Trinajstić information content (AvgIpc) is 2.89. The third-order valence-corrected chi connectivity index (χ3v) is 4.93. The number of aliphatic hydroxyl groups is 1. The minimum Gasteiger partial charge on any atom is -0.481 e. The van der Waals surface area contributed by atoms with E-state index in [1.807, 2.05) is 20.8 Å². The van der Waals surface area contributed by atoms with Crippen molar-refractivity contribution in [3.05, 3.63) is 17.0 Å². The van der Waals surface area contributed by atoms with Gasteiger partial charge in [-0.15, -0.1) is 0 Å². The van der Waals surface area contributed by atoms with E-state index in [-0.39, 0.29) is 18.9 Å². The minimum absolute atomic E-state index is 0.0267. The molecule has 0 saturated carbocycles. The van der Waals surface area contributed by atoms with E-state index in [0.29, 0.717) is 25.1 Å². The first-order chi connectivity index (χ1) is 10.9. The van der Waals surface area contributed by atoms with Crippen LogP contribution in [0.3, 0.4) is 0 Å². The number of aryl methyl sites for hydroxylation is 1. The van der Waals surface area contributed by atoms with Crippen LogP contribution >= 0.6 is 0 Å². The molecule has 0 aliphatic carbocycles. The number of carboxylic acid groups (broad SMARTS) is 1. The molecule has 0 aromatic carbocycles. The summed E-state index contributed by atoms with van der Waals surface area (Å²) in [6.45, 7) is 6.06. The van der Waals surface area contributed by atoms with Gasteiger partial charge in [0.15, 0.2) is 5.69 Å². The number of aliphatic hydroxyl groups excluding tert-OH is 1. The Morgan fingerprint density at radius 2 is 2.13 bits per heavy atom. The Bertz CT molecular complexity index is 598. The molecule has 0 unspecified atom stereocenters. The summed E-state index contributed by atoms with van der Waals surface area (Å²) in [5.74, 6) is -1.24. The molecule has 3 N–H and O–H groups in total. The summed E-state index contributed by atoms with van der Waals surface area (Å²) in [7, 11) is 0. The molecule has 0 bridgehead atoms. The zero-order chi connectivity index (χ0) is 17.2. The zero-order valence-corrected chi connectivity index (χ0v) is 13.9. The van der Waals surface area contributed by atoms with Gasteiger partial charge in [-0.3, -0.25) is 14.7 Å². The molecule has 7 nitrogen and oxygen atoms in total.